The van der Waals surface area contributed by atoms with Crippen molar-refractivity contribution in [2.75, 3.05) is 62.6 Å². The average molecular weight is 382 g/mol. The van der Waals surface area contributed by atoms with E-state index in [4.69, 9.17) is 9.47 Å². The van der Waals surface area contributed by atoms with E-state index in [0.29, 0.717) is 52.6 Å². The van der Waals surface area contributed by atoms with Gasteiger partial charge in [0.2, 0.25) is 0 Å². The van der Waals surface area contributed by atoms with Gasteiger partial charge in [-0.3, -0.25) is 0 Å². The summed E-state index contributed by atoms with van der Waals surface area (Å²) >= 11 is 0. The zero-order valence-electron chi connectivity index (χ0n) is 15.9. The second-order valence-electron chi connectivity index (χ2n) is 6.71. The van der Waals surface area contributed by atoms with Crippen LogP contribution in [-0.2, 0) is 9.47 Å². The van der Waals surface area contributed by atoms with Crippen LogP contribution in [0.2, 0.25) is 0 Å². The number of nitrogens with zero attached hydrogens (tertiary/aromatic N) is 4. The van der Waals surface area contributed by atoms with Crippen LogP contribution >= 0.6 is 0 Å². The van der Waals surface area contributed by atoms with Gasteiger partial charge in [-0.2, -0.15) is 0 Å². The minimum atomic E-state index is -0.0961. The van der Waals surface area contributed by atoms with Crippen LogP contribution in [0.3, 0.4) is 0 Å². The molecule has 0 spiro atoms. The number of carbonyl (C=O) groups excluding carboxylic acids is 1. The Kier molecular flexibility index (Phi) is 6.18. The maximum atomic E-state index is 13.9. The Morgan fingerprint density at radius 2 is 1.00 bits per heavy atom. The lowest BCUT2D eigenvalue weighted by atomic mass is 10.3. The number of hydrogen-bond donors (Lipinski definition) is 0. The van der Waals surface area contributed by atoms with Gasteiger partial charge in [0.05, 0.1) is 37.8 Å². The van der Waals surface area contributed by atoms with E-state index < -0.39 is 0 Å². The first kappa shape index (κ1) is 18.9. The SMILES string of the molecule is O=C(N(c1ccccc1)N1CCOCC1)N(c1ccccc1)N1CCOCC1. The van der Waals surface area contributed by atoms with Crippen molar-refractivity contribution in [1.82, 2.24) is 10.0 Å². The van der Waals surface area contributed by atoms with Crippen molar-refractivity contribution in [1.29, 1.82) is 0 Å². The topological polar surface area (TPSA) is 48.5 Å². The van der Waals surface area contributed by atoms with E-state index in [0.717, 1.165) is 11.4 Å². The Labute approximate surface area is 165 Å². The Balaban J connectivity index is 1.70. The summed E-state index contributed by atoms with van der Waals surface area (Å²) < 4.78 is 11.0. The van der Waals surface area contributed by atoms with Gasteiger partial charge in [0.25, 0.3) is 0 Å². The number of hydrogen-bond acceptors (Lipinski definition) is 5. The molecule has 148 valence electrons. The second kappa shape index (κ2) is 9.16. The molecule has 2 fully saturated rings. The summed E-state index contributed by atoms with van der Waals surface area (Å²) in [6.07, 6.45) is 0. The molecule has 0 bridgehead atoms. The first-order valence-corrected chi connectivity index (χ1v) is 9.74. The van der Waals surface area contributed by atoms with E-state index in [-0.39, 0.29) is 6.03 Å². The summed E-state index contributed by atoms with van der Waals surface area (Å²) in [5.74, 6) is 0. The Morgan fingerprint density at radius 3 is 1.36 bits per heavy atom. The maximum Gasteiger partial charge on any atom is 0.358 e. The van der Waals surface area contributed by atoms with Gasteiger partial charge >= 0.3 is 6.03 Å². The summed E-state index contributed by atoms with van der Waals surface area (Å²) in [6.45, 7) is 5.13. The molecular formula is C21H26N4O3. The molecule has 2 aromatic rings. The fraction of sp³-hybridized carbons (Fsp3) is 0.381. The van der Waals surface area contributed by atoms with Gasteiger partial charge in [0.15, 0.2) is 0 Å². The first-order valence-electron chi connectivity index (χ1n) is 9.74. The lowest BCUT2D eigenvalue weighted by molar-refractivity contribution is 0.0270. The first-order chi connectivity index (χ1) is 13.8. The summed E-state index contributed by atoms with van der Waals surface area (Å²) in [6, 6.07) is 19.5. The number of morpholine rings is 2. The van der Waals surface area contributed by atoms with Crippen LogP contribution in [0.1, 0.15) is 0 Å². The zero-order chi connectivity index (χ0) is 19.2. The predicted octanol–water partition coefficient (Wildman–Crippen LogP) is 2.61. The molecule has 28 heavy (non-hydrogen) atoms. The third-order valence-electron chi connectivity index (χ3n) is 4.90. The fourth-order valence-corrected chi connectivity index (χ4v) is 3.52. The van der Waals surface area contributed by atoms with Crippen molar-refractivity contribution in [2.45, 2.75) is 0 Å². The van der Waals surface area contributed by atoms with E-state index >= 15 is 0 Å². The van der Waals surface area contributed by atoms with Crippen molar-refractivity contribution in [3.63, 3.8) is 0 Å². The highest BCUT2D eigenvalue weighted by molar-refractivity contribution is 6.02. The third-order valence-corrected chi connectivity index (χ3v) is 4.90. The lowest BCUT2D eigenvalue weighted by Crippen LogP contribution is -2.61. The van der Waals surface area contributed by atoms with E-state index in [1.807, 2.05) is 60.7 Å². The van der Waals surface area contributed by atoms with E-state index in [1.54, 1.807) is 10.0 Å². The molecule has 0 atom stereocenters. The Hall–Kier alpha value is -2.45. The largest absolute Gasteiger partial charge is 0.379 e. The van der Waals surface area contributed by atoms with Gasteiger partial charge in [0, 0.05) is 26.2 Å². The minimum absolute atomic E-state index is 0.0961. The van der Waals surface area contributed by atoms with Gasteiger partial charge in [-0.05, 0) is 24.3 Å². The molecule has 7 nitrogen and oxygen atoms in total. The Bertz CT molecular complexity index is 683. The molecule has 0 N–H and O–H groups in total. The molecule has 2 aliphatic heterocycles. The van der Waals surface area contributed by atoms with Gasteiger partial charge < -0.3 is 9.47 Å². The highest BCUT2D eigenvalue weighted by atomic mass is 16.5. The van der Waals surface area contributed by atoms with Crippen LogP contribution in [0.25, 0.3) is 0 Å². The molecule has 0 aromatic heterocycles. The summed E-state index contributed by atoms with van der Waals surface area (Å²) in [5.41, 5.74) is 1.70. The molecule has 2 aliphatic rings. The quantitative estimate of drug-likeness (QED) is 0.814. The molecular weight excluding hydrogens is 356 g/mol. The molecule has 2 amide bonds. The van der Waals surface area contributed by atoms with Gasteiger partial charge in [-0.1, -0.05) is 36.4 Å². The smallest absolute Gasteiger partial charge is 0.358 e. The van der Waals surface area contributed by atoms with Gasteiger partial charge in [-0.15, -0.1) is 0 Å². The number of urea groups is 1. The maximum absolute atomic E-state index is 13.9. The van der Waals surface area contributed by atoms with Crippen molar-refractivity contribution < 1.29 is 14.3 Å². The third kappa shape index (κ3) is 4.18. The van der Waals surface area contributed by atoms with E-state index in [1.165, 1.54) is 0 Å². The van der Waals surface area contributed by atoms with Crippen LogP contribution in [0.4, 0.5) is 16.2 Å². The monoisotopic (exact) mass is 382 g/mol. The molecule has 7 heteroatoms. The van der Waals surface area contributed by atoms with Crippen molar-refractivity contribution in [3.05, 3.63) is 60.7 Å². The number of rotatable bonds is 4. The van der Waals surface area contributed by atoms with Crippen LogP contribution in [0.5, 0.6) is 0 Å². The summed E-state index contributed by atoms with van der Waals surface area (Å²) in [5, 5.41) is 7.70. The number of anilines is 2. The Morgan fingerprint density at radius 1 is 0.643 bits per heavy atom. The summed E-state index contributed by atoms with van der Waals surface area (Å²) in [7, 11) is 0. The highest BCUT2D eigenvalue weighted by Crippen LogP contribution is 2.25. The molecule has 0 radical (unpaired) electrons. The molecule has 0 saturated carbocycles. The number of ether oxygens (including phenoxy) is 2. The van der Waals surface area contributed by atoms with Crippen molar-refractivity contribution in [2.24, 2.45) is 0 Å². The second-order valence-corrected chi connectivity index (χ2v) is 6.71. The van der Waals surface area contributed by atoms with Crippen molar-refractivity contribution >= 4 is 17.4 Å². The van der Waals surface area contributed by atoms with Crippen molar-refractivity contribution in [3.8, 4) is 0 Å². The molecule has 2 saturated heterocycles. The molecule has 4 rings (SSSR count). The molecule has 0 aliphatic carbocycles. The minimum Gasteiger partial charge on any atom is -0.379 e. The number of amides is 2. The van der Waals surface area contributed by atoms with Crippen LogP contribution in [-0.4, -0.2) is 68.7 Å². The molecule has 0 unspecified atom stereocenters. The summed E-state index contributed by atoms with van der Waals surface area (Å²) in [4.78, 5) is 13.9. The molecule has 2 aromatic carbocycles. The zero-order valence-corrected chi connectivity index (χ0v) is 15.9. The van der Waals surface area contributed by atoms with Gasteiger partial charge in [-0.25, -0.2) is 24.8 Å². The molecule has 2 heterocycles. The van der Waals surface area contributed by atoms with E-state index in [2.05, 4.69) is 10.0 Å². The normalized spacial score (nSPS) is 18.6. The number of carbonyl (C=O) groups is 1. The van der Waals surface area contributed by atoms with E-state index in [9.17, 15) is 4.79 Å². The van der Waals surface area contributed by atoms with Crippen LogP contribution < -0.4 is 10.0 Å². The fourth-order valence-electron chi connectivity index (χ4n) is 3.52. The van der Waals surface area contributed by atoms with Gasteiger partial charge in [0.1, 0.15) is 0 Å². The van der Waals surface area contributed by atoms with Crippen LogP contribution in [0, 0.1) is 0 Å². The lowest BCUT2D eigenvalue weighted by Gasteiger charge is -2.43. The number of para-hydroxylation sites is 2. The highest BCUT2D eigenvalue weighted by Gasteiger charge is 2.33. The number of hydrazine groups is 2. The predicted molar refractivity (Wildman–Crippen MR) is 108 cm³/mol. The standard InChI is InChI=1S/C21H26N4O3/c26-21(24(19-7-3-1-4-8-19)22-11-15-27-16-12-22)25(20-9-5-2-6-10-20)23-13-17-28-18-14-23/h1-10H,11-18H2. The van der Waals surface area contributed by atoms with Crippen LogP contribution in [0.15, 0.2) is 60.7 Å². The average Bonchev–Trinajstić information content (AvgIpc) is 2.77. The number of benzene rings is 2.